The molecular formula is C9H12O2. The van der Waals surface area contributed by atoms with Gasteiger partial charge >= 0.3 is 0 Å². The van der Waals surface area contributed by atoms with Gasteiger partial charge in [-0.1, -0.05) is 24.3 Å². The van der Waals surface area contributed by atoms with Gasteiger partial charge < -0.3 is 9.47 Å². The highest BCUT2D eigenvalue weighted by Gasteiger charge is 2.41. The summed E-state index contributed by atoms with van der Waals surface area (Å²) in [5.74, 6) is 0. The van der Waals surface area contributed by atoms with Crippen LogP contribution in [0.2, 0.25) is 0 Å². The van der Waals surface area contributed by atoms with Crippen molar-refractivity contribution >= 4 is 0 Å². The fraction of sp³-hybridized carbons (Fsp3) is 0.556. The summed E-state index contributed by atoms with van der Waals surface area (Å²) in [6, 6.07) is 0. The summed E-state index contributed by atoms with van der Waals surface area (Å²) >= 11 is 0. The van der Waals surface area contributed by atoms with Gasteiger partial charge in [-0.3, -0.25) is 0 Å². The Labute approximate surface area is 66.5 Å². The van der Waals surface area contributed by atoms with Crippen molar-refractivity contribution in [2.75, 3.05) is 13.2 Å². The molecule has 2 nitrogen and oxygen atoms in total. The van der Waals surface area contributed by atoms with Gasteiger partial charge in [0.1, 0.15) is 12.2 Å². The van der Waals surface area contributed by atoms with E-state index in [0.717, 1.165) is 19.6 Å². The predicted molar refractivity (Wildman–Crippen MR) is 42.4 cm³/mol. The third kappa shape index (κ3) is 2.48. The number of epoxide rings is 2. The molecule has 2 heteroatoms. The lowest BCUT2D eigenvalue weighted by Gasteiger charge is -1.70. The van der Waals surface area contributed by atoms with Gasteiger partial charge in [0.05, 0.1) is 13.2 Å². The van der Waals surface area contributed by atoms with E-state index < -0.39 is 0 Å². The molecule has 1 aliphatic carbocycles. The monoisotopic (exact) mass is 152 g/mol. The van der Waals surface area contributed by atoms with Crippen molar-refractivity contribution in [3.8, 4) is 0 Å². The van der Waals surface area contributed by atoms with E-state index in [4.69, 9.17) is 9.47 Å². The molecule has 11 heavy (non-hydrogen) atoms. The molecule has 2 heterocycles. The normalized spacial score (nSPS) is 36.4. The van der Waals surface area contributed by atoms with E-state index in [2.05, 4.69) is 24.3 Å². The molecular weight excluding hydrogens is 140 g/mol. The highest BCUT2D eigenvalue weighted by atomic mass is 16.6. The van der Waals surface area contributed by atoms with Crippen molar-refractivity contribution in [3.05, 3.63) is 24.3 Å². The Morgan fingerprint density at radius 1 is 0.909 bits per heavy atom. The SMILES string of the molecule is C1=CCC=C1.C1OC1C1CO1. The van der Waals surface area contributed by atoms with Gasteiger partial charge in [0, 0.05) is 0 Å². The van der Waals surface area contributed by atoms with Gasteiger partial charge in [-0.15, -0.1) is 0 Å². The molecule has 2 aliphatic heterocycles. The van der Waals surface area contributed by atoms with Crippen LogP contribution in [-0.4, -0.2) is 25.4 Å². The van der Waals surface area contributed by atoms with Crippen LogP contribution in [0, 0.1) is 0 Å². The molecule has 60 valence electrons. The molecule has 0 aromatic carbocycles. The molecule has 0 saturated carbocycles. The molecule has 0 amide bonds. The topological polar surface area (TPSA) is 25.1 Å². The summed E-state index contributed by atoms with van der Waals surface area (Å²) < 4.78 is 9.81. The Balaban J connectivity index is 0.0000000893. The second-order valence-corrected chi connectivity index (χ2v) is 2.84. The Hall–Kier alpha value is -0.600. The number of allylic oxidation sites excluding steroid dienone is 4. The molecule has 0 bridgehead atoms. The molecule has 3 aliphatic rings. The van der Waals surface area contributed by atoms with E-state index in [0.29, 0.717) is 12.2 Å². The highest BCUT2D eigenvalue weighted by Crippen LogP contribution is 2.25. The predicted octanol–water partition coefficient (Wildman–Crippen LogP) is 1.29. The fourth-order valence-corrected chi connectivity index (χ4v) is 0.933. The quantitative estimate of drug-likeness (QED) is 0.529. The van der Waals surface area contributed by atoms with Crippen LogP contribution in [0.1, 0.15) is 6.42 Å². The molecule has 0 radical (unpaired) electrons. The molecule has 2 unspecified atom stereocenters. The van der Waals surface area contributed by atoms with Crippen molar-refractivity contribution in [1.82, 2.24) is 0 Å². The van der Waals surface area contributed by atoms with E-state index in [1.165, 1.54) is 0 Å². The molecule has 2 fully saturated rings. The van der Waals surface area contributed by atoms with Gasteiger partial charge in [0.2, 0.25) is 0 Å². The lowest BCUT2D eigenvalue weighted by atomic mass is 10.4. The second kappa shape index (κ2) is 3.20. The smallest absolute Gasteiger partial charge is 0.109 e. The third-order valence-corrected chi connectivity index (χ3v) is 1.79. The van der Waals surface area contributed by atoms with Crippen LogP contribution in [0.4, 0.5) is 0 Å². The van der Waals surface area contributed by atoms with E-state index in [9.17, 15) is 0 Å². The maximum atomic E-state index is 4.91. The van der Waals surface area contributed by atoms with Crippen LogP contribution < -0.4 is 0 Å². The Morgan fingerprint density at radius 2 is 1.36 bits per heavy atom. The lowest BCUT2D eigenvalue weighted by molar-refractivity contribution is 0.325. The largest absolute Gasteiger partial charge is 0.370 e. The minimum Gasteiger partial charge on any atom is -0.370 e. The van der Waals surface area contributed by atoms with Gasteiger partial charge in [-0.05, 0) is 6.42 Å². The molecule has 2 atom stereocenters. The maximum Gasteiger partial charge on any atom is 0.109 e. The van der Waals surface area contributed by atoms with Crippen molar-refractivity contribution in [2.45, 2.75) is 18.6 Å². The van der Waals surface area contributed by atoms with Gasteiger partial charge in [0.15, 0.2) is 0 Å². The molecule has 2 saturated heterocycles. The number of hydrogen-bond donors (Lipinski definition) is 0. The summed E-state index contributed by atoms with van der Waals surface area (Å²) in [6.07, 6.45) is 10.5. The lowest BCUT2D eigenvalue weighted by Crippen LogP contribution is -1.92. The first-order valence-electron chi connectivity index (χ1n) is 4.02. The number of ether oxygens (including phenoxy) is 2. The maximum absolute atomic E-state index is 4.91. The van der Waals surface area contributed by atoms with Crippen molar-refractivity contribution in [2.24, 2.45) is 0 Å². The van der Waals surface area contributed by atoms with Crippen LogP contribution in [0.5, 0.6) is 0 Å². The van der Waals surface area contributed by atoms with E-state index >= 15 is 0 Å². The zero-order chi connectivity index (χ0) is 7.52. The zero-order valence-electron chi connectivity index (χ0n) is 6.40. The first-order chi connectivity index (χ1) is 5.47. The van der Waals surface area contributed by atoms with Crippen LogP contribution >= 0.6 is 0 Å². The summed E-state index contributed by atoms with van der Waals surface area (Å²) in [5.41, 5.74) is 0. The first kappa shape index (κ1) is 7.07. The first-order valence-corrected chi connectivity index (χ1v) is 4.02. The molecule has 0 aromatic rings. The summed E-state index contributed by atoms with van der Waals surface area (Å²) in [5, 5.41) is 0. The van der Waals surface area contributed by atoms with Crippen LogP contribution in [0.25, 0.3) is 0 Å². The van der Waals surface area contributed by atoms with Crippen molar-refractivity contribution in [1.29, 1.82) is 0 Å². The van der Waals surface area contributed by atoms with Crippen LogP contribution in [0.3, 0.4) is 0 Å². The van der Waals surface area contributed by atoms with Gasteiger partial charge in [0.25, 0.3) is 0 Å². The van der Waals surface area contributed by atoms with Gasteiger partial charge in [-0.25, -0.2) is 0 Å². The van der Waals surface area contributed by atoms with Crippen LogP contribution in [-0.2, 0) is 9.47 Å². The average Bonchev–Trinajstić information content (AvgIpc) is 2.90. The highest BCUT2D eigenvalue weighted by molar-refractivity contribution is 5.11. The minimum atomic E-state index is 0.491. The Kier molecular flexibility index (Phi) is 2.06. The summed E-state index contributed by atoms with van der Waals surface area (Å²) in [7, 11) is 0. The van der Waals surface area contributed by atoms with Crippen molar-refractivity contribution in [3.63, 3.8) is 0 Å². The second-order valence-electron chi connectivity index (χ2n) is 2.84. The average molecular weight is 152 g/mol. The molecule has 0 aromatic heterocycles. The molecule has 3 rings (SSSR count). The fourth-order valence-electron chi connectivity index (χ4n) is 0.933. The summed E-state index contributed by atoms with van der Waals surface area (Å²) in [6.45, 7) is 1.87. The Morgan fingerprint density at radius 3 is 1.55 bits per heavy atom. The minimum absolute atomic E-state index is 0.491. The standard InChI is InChI=1S/C5H6.C4H6O2/c1-2-4-5-3-1;1-3(5-1)4-2-6-4/h1-4H,5H2;3-4H,1-2H2. The Bertz CT molecular complexity index is 156. The third-order valence-electron chi connectivity index (χ3n) is 1.79. The summed E-state index contributed by atoms with van der Waals surface area (Å²) in [4.78, 5) is 0. The van der Waals surface area contributed by atoms with Crippen molar-refractivity contribution < 1.29 is 9.47 Å². The van der Waals surface area contributed by atoms with E-state index in [-0.39, 0.29) is 0 Å². The molecule has 0 spiro atoms. The van der Waals surface area contributed by atoms with Crippen LogP contribution in [0.15, 0.2) is 24.3 Å². The zero-order valence-corrected chi connectivity index (χ0v) is 6.40. The molecule has 0 N–H and O–H groups in total. The number of hydrogen-bond acceptors (Lipinski definition) is 2. The van der Waals surface area contributed by atoms with E-state index in [1.807, 2.05) is 0 Å². The van der Waals surface area contributed by atoms with E-state index in [1.54, 1.807) is 0 Å². The number of rotatable bonds is 1. The van der Waals surface area contributed by atoms with Gasteiger partial charge in [-0.2, -0.15) is 0 Å².